The Morgan fingerprint density at radius 1 is 1.12 bits per heavy atom. The minimum Gasteiger partial charge on any atom is -0.366 e. The first kappa shape index (κ1) is 15.8. The molecule has 26 heavy (non-hydrogen) atoms. The zero-order valence-corrected chi connectivity index (χ0v) is 14.0. The Balaban J connectivity index is 1.79. The predicted octanol–water partition coefficient (Wildman–Crippen LogP) is 3.11. The molecule has 2 heterocycles. The molecule has 0 atom stereocenters. The van der Waals surface area contributed by atoms with Crippen molar-refractivity contribution < 1.29 is 4.79 Å². The zero-order chi connectivity index (χ0) is 17.9. The summed E-state index contributed by atoms with van der Waals surface area (Å²) in [5.74, 6) is 0.379. The first-order valence-corrected chi connectivity index (χ1v) is 8.22. The zero-order valence-electron chi connectivity index (χ0n) is 14.0. The van der Waals surface area contributed by atoms with Gasteiger partial charge in [-0.25, -0.2) is 4.98 Å². The maximum absolute atomic E-state index is 11.5. The first-order chi connectivity index (χ1) is 12.7. The molecule has 6 nitrogen and oxygen atoms in total. The molecule has 0 spiro atoms. The molecule has 0 unspecified atom stereocenters. The maximum Gasteiger partial charge on any atom is 0.248 e. The molecule has 2 aromatic carbocycles. The third kappa shape index (κ3) is 3.00. The number of anilines is 1. The van der Waals surface area contributed by atoms with Crippen molar-refractivity contribution in [1.82, 2.24) is 14.4 Å². The van der Waals surface area contributed by atoms with Crippen LogP contribution in [0.2, 0.25) is 0 Å². The van der Waals surface area contributed by atoms with Crippen molar-refractivity contribution in [3.63, 3.8) is 0 Å². The molecular weight excluding hydrogens is 326 g/mol. The van der Waals surface area contributed by atoms with Crippen molar-refractivity contribution in [1.29, 1.82) is 0 Å². The number of nitrogens with one attached hydrogen (secondary N) is 1. The van der Waals surface area contributed by atoms with Crippen molar-refractivity contribution >= 4 is 17.4 Å². The Kier molecular flexibility index (Phi) is 4.07. The third-order valence-corrected chi connectivity index (χ3v) is 4.15. The summed E-state index contributed by atoms with van der Waals surface area (Å²) in [7, 11) is 0. The highest BCUT2D eigenvalue weighted by Crippen LogP contribution is 2.29. The second-order valence-electron chi connectivity index (χ2n) is 5.90. The van der Waals surface area contributed by atoms with Gasteiger partial charge < -0.3 is 11.1 Å². The van der Waals surface area contributed by atoms with E-state index in [4.69, 9.17) is 5.73 Å². The van der Waals surface area contributed by atoms with Crippen LogP contribution in [0.4, 0.5) is 5.82 Å². The smallest absolute Gasteiger partial charge is 0.248 e. The first-order valence-electron chi connectivity index (χ1n) is 8.22. The van der Waals surface area contributed by atoms with Crippen LogP contribution < -0.4 is 11.1 Å². The summed E-state index contributed by atoms with van der Waals surface area (Å²) in [5, 5.41) is 3.46. The summed E-state index contributed by atoms with van der Waals surface area (Å²) in [6.07, 6.45) is 5.28. The van der Waals surface area contributed by atoms with E-state index in [-0.39, 0.29) is 0 Å². The van der Waals surface area contributed by atoms with Gasteiger partial charge >= 0.3 is 0 Å². The lowest BCUT2D eigenvalue weighted by atomic mass is 10.1. The monoisotopic (exact) mass is 343 g/mol. The number of hydrogen-bond acceptors (Lipinski definition) is 4. The molecule has 1 amide bonds. The summed E-state index contributed by atoms with van der Waals surface area (Å²) in [6.45, 7) is 0.652. The van der Waals surface area contributed by atoms with Gasteiger partial charge in [-0.05, 0) is 17.7 Å². The van der Waals surface area contributed by atoms with E-state index >= 15 is 0 Å². The number of hydrogen-bond donors (Lipinski definition) is 2. The average molecular weight is 343 g/mol. The number of benzene rings is 2. The summed E-state index contributed by atoms with van der Waals surface area (Å²) < 4.78 is 1.95. The Hall–Kier alpha value is -3.67. The number of imidazole rings is 1. The summed E-state index contributed by atoms with van der Waals surface area (Å²) >= 11 is 0. The molecule has 0 radical (unpaired) electrons. The van der Waals surface area contributed by atoms with Crippen LogP contribution in [-0.2, 0) is 6.54 Å². The molecule has 0 fully saturated rings. The number of amides is 1. The molecule has 0 aliphatic carbocycles. The topological polar surface area (TPSA) is 85.3 Å². The number of aromatic nitrogens is 3. The molecular formula is C20H17N5O. The Morgan fingerprint density at radius 3 is 2.77 bits per heavy atom. The fourth-order valence-electron chi connectivity index (χ4n) is 2.88. The van der Waals surface area contributed by atoms with Crippen molar-refractivity contribution in [2.75, 3.05) is 5.32 Å². The van der Waals surface area contributed by atoms with Gasteiger partial charge in [0, 0.05) is 30.1 Å². The van der Waals surface area contributed by atoms with Crippen LogP contribution in [0.25, 0.3) is 16.9 Å². The number of carbonyl (C=O) groups excluding carboxylic acids is 1. The SMILES string of the molecule is NC(=O)c1cccc(-c2nc3cnccn3c2NCc2ccccc2)c1. The molecule has 0 saturated carbocycles. The molecule has 2 aromatic heterocycles. The van der Waals surface area contributed by atoms with E-state index in [1.165, 1.54) is 0 Å². The van der Waals surface area contributed by atoms with Gasteiger partial charge in [0.05, 0.1) is 6.20 Å². The second kappa shape index (κ2) is 6.68. The van der Waals surface area contributed by atoms with Gasteiger partial charge in [0.1, 0.15) is 11.5 Å². The maximum atomic E-state index is 11.5. The van der Waals surface area contributed by atoms with E-state index < -0.39 is 5.91 Å². The van der Waals surface area contributed by atoms with Crippen LogP contribution in [-0.4, -0.2) is 20.3 Å². The minimum atomic E-state index is -0.462. The van der Waals surface area contributed by atoms with Crippen LogP contribution in [0.15, 0.2) is 73.2 Å². The van der Waals surface area contributed by atoms with Crippen LogP contribution in [0.1, 0.15) is 15.9 Å². The molecule has 4 rings (SSSR count). The standard InChI is InChI=1S/C20H17N5O/c21-19(26)16-8-4-7-15(11-16)18-20(23-12-14-5-2-1-3-6-14)25-10-9-22-13-17(25)24-18/h1-11,13,23H,12H2,(H2,21,26). The molecule has 3 N–H and O–H groups in total. The van der Waals surface area contributed by atoms with E-state index in [0.717, 1.165) is 28.3 Å². The summed E-state index contributed by atoms with van der Waals surface area (Å²) in [6, 6.07) is 17.3. The van der Waals surface area contributed by atoms with Gasteiger partial charge in [0.25, 0.3) is 0 Å². The molecule has 0 aliphatic rings. The van der Waals surface area contributed by atoms with E-state index in [1.807, 2.05) is 34.9 Å². The lowest BCUT2D eigenvalue weighted by molar-refractivity contribution is 0.100. The van der Waals surface area contributed by atoms with Gasteiger partial charge in [-0.2, -0.15) is 0 Å². The summed E-state index contributed by atoms with van der Waals surface area (Å²) in [5.41, 5.74) is 9.32. The van der Waals surface area contributed by atoms with Crippen molar-refractivity contribution in [2.45, 2.75) is 6.54 Å². The van der Waals surface area contributed by atoms with Gasteiger partial charge in [0.15, 0.2) is 5.65 Å². The highest BCUT2D eigenvalue weighted by molar-refractivity contribution is 5.94. The van der Waals surface area contributed by atoms with Crippen LogP contribution in [0.3, 0.4) is 0 Å². The molecule has 6 heteroatoms. The largest absolute Gasteiger partial charge is 0.366 e. The Morgan fingerprint density at radius 2 is 1.96 bits per heavy atom. The van der Waals surface area contributed by atoms with Gasteiger partial charge in [-0.3, -0.25) is 14.2 Å². The normalized spacial score (nSPS) is 10.8. The van der Waals surface area contributed by atoms with E-state index in [1.54, 1.807) is 30.6 Å². The number of carbonyl (C=O) groups is 1. The van der Waals surface area contributed by atoms with Gasteiger partial charge in [0.2, 0.25) is 5.91 Å². The van der Waals surface area contributed by atoms with Crippen LogP contribution >= 0.6 is 0 Å². The van der Waals surface area contributed by atoms with Gasteiger partial charge in [-0.1, -0.05) is 42.5 Å². The fraction of sp³-hybridized carbons (Fsp3) is 0.0500. The van der Waals surface area contributed by atoms with Crippen molar-refractivity contribution in [3.05, 3.63) is 84.3 Å². The van der Waals surface area contributed by atoms with Gasteiger partial charge in [-0.15, -0.1) is 0 Å². The Bertz CT molecular complexity index is 1070. The number of nitrogens with two attached hydrogens (primary N) is 1. The van der Waals surface area contributed by atoms with Crippen LogP contribution in [0, 0.1) is 0 Å². The number of rotatable bonds is 5. The lowest BCUT2D eigenvalue weighted by Crippen LogP contribution is -2.10. The van der Waals surface area contributed by atoms with Crippen molar-refractivity contribution in [2.24, 2.45) is 5.73 Å². The number of primary amides is 1. The highest BCUT2D eigenvalue weighted by atomic mass is 16.1. The third-order valence-electron chi connectivity index (χ3n) is 4.15. The molecule has 0 aliphatic heterocycles. The molecule has 0 saturated heterocycles. The van der Waals surface area contributed by atoms with E-state index in [9.17, 15) is 4.79 Å². The van der Waals surface area contributed by atoms with Crippen LogP contribution in [0.5, 0.6) is 0 Å². The molecule has 4 aromatic rings. The number of fused-ring (bicyclic) bond motifs is 1. The fourth-order valence-corrected chi connectivity index (χ4v) is 2.88. The van der Waals surface area contributed by atoms with Crippen molar-refractivity contribution in [3.8, 4) is 11.3 Å². The lowest BCUT2D eigenvalue weighted by Gasteiger charge is -2.09. The summed E-state index contributed by atoms with van der Waals surface area (Å²) in [4.78, 5) is 20.3. The second-order valence-corrected chi connectivity index (χ2v) is 5.90. The van der Waals surface area contributed by atoms with E-state index in [2.05, 4.69) is 27.4 Å². The minimum absolute atomic E-state index is 0.451. The molecule has 0 bridgehead atoms. The average Bonchev–Trinajstić information content (AvgIpc) is 3.06. The van der Waals surface area contributed by atoms with E-state index in [0.29, 0.717) is 12.1 Å². The Labute approximate surface area is 150 Å². The predicted molar refractivity (Wildman–Crippen MR) is 101 cm³/mol. The highest BCUT2D eigenvalue weighted by Gasteiger charge is 2.15. The molecule has 128 valence electrons. The number of nitrogens with zero attached hydrogens (tertiary/aromatic N) is 3. The quantitative estimate of drug-likeness (QED) is 0.583.